The fourth-order valence-corrected chi connectivity index (χ4v) is 5.53. The van der Waals surface area contributed by atoms with Crippen LogP contribution in [0.5, 0.6) is 5.75 Å². The molecule has 0 bridgehead atoms. The minimum Gasteiger partial charge on any atom is -0.496 e. The van der Waals surface area contributed by atoms with Crippen molar-refractivity contribution >= 4 is 45.2 Å². The highest BCUT2D eigenvalue weighted by molar-refractivity contribution is 14.1. The molecule has 1 fully saturated rings. The number of ether oxygens (including phenoxy) is 3. The van der Waals surface area contributed by atoms with E-state index in [-0.39, 0.29) is 35.7 Å². The first kappa shape index (κ1) is 28.3. The van der Waals surface area contributed by atoms with E-state index in [2.05, 4.69) is 4.90 Å². The lowest BCUT2D eigenvalue weighted by atomic mass is 9.98. The third-order valence-corrected chi connectivity index (χ3v) is 7.78. The Morgan fingerprint density at radius 1 is 1.16 bits per heavy atom. The molecule has 0 amide bonds. The molecule has 1 aliphatic rings. The van der Waals surface area contributed by atoms with E-state index in [1.807, 2.05) is 48.6 Å². The number of pyridine rings is 1. The van der Waals surface area contributed by atoms with Crippen molar-refractivity contribution in [3.05, 3.63) is 66.8 Å². The summed E-state index contributed by atoms with van der Waals surface area (Å²) in [7, 11) is 2.74. The molecule has 8 nitrogen and oxygen atoms in total. The molecule has 1 atom stereocenters. The van der Waals surface area contributed by atoms with Gasteiger partial charge in [-0.2, -0.15) is 0 Å². The Morgan fingerprint density at radius 2 is 1.87 bits per heavy atom. The van der Waals surface area contributed by atoms with E-state index in [4.69, 9.17) is 14.2 Å². The first-order valence-corrected chi connectivity index (χ1v) is 13.5. The minimum absolute atomic E-state index is 0.000897. The zero-order valence-corrected chi connectivity index (χ0v) is 24.1. The second-order valence-electron chi connectivity index (χ2n) is 9.62. The SMILES string of the molecule is COC(=O)c1cn([C@H](CO)C(C)C)c2cc(OC)c(Cc3cc(N4CCOCC4)cc(I)c3F)cc2c1=O. The number of aromatic nitrogens is 1. The van der Waals surface area contributed by atoms with Crippen molar-refractivity contribution < 1.29 is 28.5 Å². The van der Waals surface area contributed by atoms with Gasteiger partial charge in [0.2, 0.25) is 5.43 Å². The number of methoxy groups -OCH3 is 2. The van der Waals surface area contributed by atoms with E-state index in [0.29, 0.717) is 39.2 Å². The smallest absolute Gasteiger partial charge is 0.343 e. The van der Waals surface area contributed by atoms with E-state index < -0.39 is 17.4 Å². The van der Waals surface area contributed by atoms with Crippen LogP contribution in [0.3, 0.4) is 0 Å². The van der Waals surface area contributed by atoms with Crippen molar-refractivity contribution in [3.63, 3.8) is 0 Å². The number of fused-ring (bicyclic) bond motifs is 1. The molecule has 0 spiro atoms. The quantitative estimate of drug-likeness (QED) is 0.293. The van der Waals surface area contributed by atoms with Gasteiger partial charge in [0.15, 0.2) is 0 Å². The number of anilines is 1. The molecule has 3 aromatic rings. The second kappa shape index (κ2) is 12.0. The number of carbonyl (C=O) groups is 1. The van der Waals surface area contributed by atoms with Crippen LogP contribution in [0, 0.1) is 15.3 Å². The molecule has 0 saturated carbocycles. The van der Waals surface area contributed by atoms with Crippen LogP contribution >= 0.6 is 22.6 Å². The van der Waals surface area contributed by atoms with Crippen LogP contribution in [0.2, 0.25) is 0 Å². The first-order chi connectivity index (χ1) is 18.2. The molecular weight excluding hydrogens is 606 g/mol. The number of esters is 1. The van der Waals surface area contributed by atoms with E-state index in [1.54, 1.807) is 16.7 Å². The van der Waals surface area contributed by atoms with Crippen LogP contribution in [0.4, 0.5) is 10.1 Å². The van der Waals surface area contributed by atoms with Gasteiger partial charge in [-0.1, -0.05) is 13.8 Å². The van der Waals surface area contributed by atoms with Crippen molar-refractivity contribution in [2.45, 2.75) is 26.3 Å². The van der Waals surface area contributed by atoms with Crippen LogP contribution in [-0.2, 0) is 15.9 Å². The summed E-state index contributed by atoms with van der Waals surface area (Å²) in [5.74, 6) is -0.614. The lowest BCUT2D eigenvalue weighted by molar-refractivity contribution is 0.0597. The summed E-state index contributed by atoms with van der Waals surface area (Å²) in [6, 6.07) is 6.62. The Balaban J connectivity index is 1.90. The van der Waals surface area contributed by atoms with Gasteiger partial charge in [-0.25, -0.2) is 9.18 Å². The summed E-state index contributed by atoms with van der Waals surface area (Å²) in [4.78, 5) is 28.1. The van der Waals surface area contributed by atoms with Crippen LogP contribution in [-0.4, -0.2) is 62.8 Å². The molecule has 1 aromatic heterocycles. The molecule has 10 heteroatoms. The molecule has 1 saturated heterocycles. The summed E-state index contributed by atoms with van der Waals surface area (Å²) in [5, 5.41) is 10.4. The van der Waals surface area contributed by atoms with Crippen molar-refractivity contribution in [2.24, 2.45) is 5.92 Å². The molecule has 0 aliphatic carbocycles. The lowest BCUT2D eigenvalue weighted by Crippen LogP contribution is -2.36. The standard InChI is InChI=1S/C28H32FIN2O6/c1-16(2)24(15-33)32-14-21(28(35)37-4)27(34)20-11-17(25(36-3)13-23(20)32)9-18-10-19(12-22(30)26(18)29)31-5-7-38-8-6-31/h10-14,16,24,33H,5-9,15H2,1-4H3/t24-/m1/s1. The molecule has 1 N–H and O–H groups in total. The molecule has 1 aliphatic heterocycles. The van der Waals surface area contributed by atoms with E-state index in [1.165, 1.54) is 20.4 Å². The number of aliphatic hydroxyl groups is 1. The van der Waals surface area contributed by atoms with Gasteiger partial charge >= 0.3 is 5.97 Å². The summed E-state index contributed by atoms with van der Waals surface area (Å²) in [6.45, 7) is 6.36. The van der Waals surface area contributed by atoms with Gasteiger partial charge in [0, 0.05) is 42.8 Å². The van der Waals surface area contributed by atoms with E-state index >= 15 is 4.39 Å². The Bertz CT molecular complexity index is 1400. The number of carbonyl (C=O) groups excluding carboxylic acids is 1. The zero-order chi connectivity index (χ0) is 27.6. The average Bonchev–Trinajstić information content (AvgIpc) is 2.92. The number of morpholine rings is 1. The van der Waals surface area contributed by atoms with Gasteiger partial charge in [-0.3, -0.25) is 4.79 Å². The number of hydrogen-bond donors (Lipinski definition) is 1. The largest absolute Gasteiger partial charge is 0.496 e. The predicted molar refractivity (Wildman–Crippen MR) is 152 cm³/mol. The lowest BCUT2D eigenvalue weighted by Gasteiger charge is -2.29. The highest BCUT2D eigenvalue weighted by Gasteiger charge is 2.24. The molecule has 2 aromatic carbocycles. The van der Waals surface area contributed by atoms with Gasteiger partial charge in [0.25, 0.3) is 0 Å². The fourth-order valence-electron chi connectivity index (χ4n) is 4.87. The topological polar surface area (TPSA) is 90.2 Å². The van der Waals surface area contributed by atoms with Gasteiger partial charge in [0.1, 0.15) is 17.1 Å². The second-order valence-corrected chi connectivity index (χ2v) is 10.8. The summed E-state index contributed by atoms with van der Waals surface area (Å²) in [6.07, 6.45) is 1.61. The number of hydrogen-bond acceptors (Lipinski definition) is 7. The molecule has 0 unspecified atom stereocenters. The summed E-state index contributed by atoms with van der Waals surface area (Å²) >= 11 is 2.00. The van der Waals surface area contributed by atoms with Crippen LogP contribution in [0.1, 0.15) is 41.4 Å². The Labute approximate surface area is 234 Å². The summed E-state index contributed by atoms with van der Waals surface area (Å²) < 4.78 is 33.6. The minimum atomic E-state index is -0.762. The number of aliphatic hydroxyl groups excluding tert-OH is 1. The maximum Gasteiger partial charge on any atom is 0.343 e. The Hall–Kier alpha value is -2.70. The molecule has 0 radical (unpaired) electrons. The third-order valence-electron chi connectivity index (χ3n) is 7.00. The fraction of sp³-hybridized carbons (Fsp3) is 0.429. The maximum atomic E-state index is 15.3. The van der Waals surface area contributed by atoms with Gasteiger partial charge in [-0.05, 0) is 57.8 Å². The molecular formula is C28H32FIN2O6. The molecule has 38 heavy (non-hydrogen) atoms. The number of nitrogens with zero attached hydrogens (tertiary/aromatic N) is 2. The van der Waals surface area contributed by atoms with E-state index in [9.17, 15) is 14.7 Å². The van der Waals surface area contributed by atoms with Crippen LogP contribution in [0.25, 0.3) is 10.9 Å². The highest BCUT2D eigenvalue weighted by Crippen LogP contribution is 2.33. The summed E-state index contributed by atoms with van der Waals surface area (Å²) in [5.41, 5.74) is 1.86. The Morgan fingerprint density at radius 3 is 2.47 bits per heavy atom. The molecule has 204 valence electrons. The first-order valence-electron chi connectivity index (χ1n) is 12.5. The molecule has 4 rings (SSSR count). The van der Waals surface area contributed by atoms with Crippen molar-refractivity contribution in [3.8, 4) is 5.75 Å². The number of halogens is 2. The normalized spacial score (nSPS) is 14.7. The maximum absolute atomic E-state index is 15.3. The van der Waals surface area contributed by atoms with Crippen molar-refractivity contribution in [2.75, 3.05) is 52.0 Å². The number of rotatable bonds is 8. The van der Waals surface area contributed by atoms with Gasteiger partial charge in [0.05, 0.1) is 49.2 Å². The van der Waals surface area contributed by atoms with Crippen LogP contribution < -0.4 is 15.1 Å². The van der Waals surface area contributed by atoms with Gasteiger partial charge in [-0.15, -0.1) is 0 Å². The third kappa shape index (κ3) is 5.52. The van der Waals surface area contributed by atoms with Crippen LogP contribution in [0.15, 0.2) is 35.3 Å². The predicted octanol–water partition coefficient (Wildman–Crippen LogP) is 4.16. The average molecular weight is 638 g/mol. The highest BCUT2D eigenvalue weighted by atomic mass is 127. The van der Waals surface area contributed by atoms with Gasteiger partial charge < -0.3 is 28.8 Å². The molecule has 2 heterocycles. The Kier molecular flexibility index (Phi) is 8.94. The van der Waals surface area contributed by atoms with Crippen molar-refractivity contribution in [1.82, 2.24) is 4.57 Å². The number of benzene rings is 2. The zero-order valence-electron chi connectivity index (χ0n) is 21.9. The van der Waals surface area contributed by atoms with E-state index in [0.717, 1.165) is 18.8 Å². The van der Waals surface area contributed by atoms with Crippen molar-refractivity contribution in [1.29, 1.82) is 0 Å². The monoisotopic (exact) mass is 638 g/mol.